The fraction of sp³-hybridized carbons (Fsp3) is 0.154. The minimum atomic E-state index is -0.536. The molecule has 0 radical (unpaired) electrons. The third-order valence-electron chi connectivity index (χ3n) is 2.87. The average Bonchev–Trinajstić information content (AvgIpc) is 2.49. The lowest BCUT2D eigenvalue weighted by Gasteiger charge is -2.09. The molecule has 0 N–H and O–H groups in total. The summed E-state index contributed by atoms with van der Waals surface area (Å²) in [5, 5.41) is 20.4. The van der Waals surface area contributed by atoms with Gasteiger partial charge in [-0.3, -0.25) is 19.5 Å². The summed E-state index contributed by atoms with van der Waals surface area (Å²) in [6.45, 7) is 0. The third-order valence-corrected chi connectivity index (χ3v) is 3.60. The maximum Gasteiger partial charge on any atom is 0.272 e. The van der Waals surface area contributed by atoms with Gasteiger partial charge in [0.1, 0.15) is 11.6 Å². The molecule has 0 atom stereocenters. The summed E-state index contributed by atoms with van der Waals surface area (Å²) in [7, 11) is 1.53. The van der Waals surface area contributed by atoms with Crippen LogP contribution >= 0.6 is 11.8 Å². The van der Waals surface area contributed by atoms with Gasteiger partial charge in [-0.1, -0.05) is 23.9 Å². The SMILES string of the molecule is CSc1nc(-c2cccc([N+](=O)[O-])c2)c(C#N)c(=O)n1C. The molecule has 0 fully saturated rings. The van der Waals surface area contributed by atoms with E-state index in [1.54, 1.807) is 12.3 Å². The molecule has 1 heterocycles. The van der Waals surface area contributed by atoms with Crippen molar-refractivity contribution in [1.29, 1.82) is 5.26 Å². The van der Waals surface area contributed by atoms with E-state index in [2.05, 4.69) is 4.98 Å². The summed E-state index contributed by atoms with van der Waals surface area (Å²) in [6.07, 6.45) is 1.76. The Morgan fingerprint density at radius 3 is 2.76 bits per heavy atom. The van der Waals surface area contributed by atoms with Gasteiger partial charge in [-0.05, 0) is 6.26 Å². The predicted octanol–water partition coefficient (Wildman–Crippen LogP) is 1.95. The van der Waals surface area contributed by atoms with Gasteiger partial charge in [-0.15, -0.1) is 0 Å². The molecule has 0 aliphatic heterocycles. The van der Waals surface area contributed by atoms with Crippen LogP contribution in [-0.2, 0) is 7.05 Å². The predicted molar refractivity (Wildman–Crippen MR) is 78.1 cm³/mol. The molecule has 0 aliphatic carbocycles. The molecule has 1 aromatic heterocycles. The van der Waals surface area contributed by atoms with Crippen molar-refractivity contribution >= 4 is 17.4 Å². The van der Waals surface area contributed by atoms with Gasteiger partial charge in [0.05, 0.1) is 10.6 Å². The van der Waals surface area contributed by atoms with Gasteiger partial charge in [0.25, 0.3) is 11.2 Å². The summed E-state index contributed by atoms with van der Waals surface area (Å²) >= 11 is 1.26. The van der Waals surface area contributed by atoms with E-state index in [1.165, 1.54) is 41.6 Å². The molecule has 0 unspecified atom stereocenters. The zero-order chi connectivity index (χ0) is 15.6. The number of aromatic nitrogens is 2. The number of nitriles is 1. The van der Waals surface area contributed by atoms with Gasteiger partial charge in [0.2, 0.25) is 0 Å². The van der Waals surface area contributed by atoms with Crippen molar-refractivity contribution in [1.82, 2.24) is 9.55 Å². The topological polar surface area (TPSA) is 102 Å². The minimum absolute atomic E-state index is 0.121. The van der Waals surface area contributed by atoms with Crippen LogP contribution in [-0.4, -0.2) is 20.7 Å². The highest BCUT2D eigenvalue weighted by atomic mass is 32.2. The highest BCUT2D eigenvalue weighted by Crippen LogP contribution is 2.25. The second kappa shape index (κ2) is 5.76. The highest BCUT2D eigenvalue weighted by molar-refractivity contribution is 7.98. The maximum atomic E-state index is 12.1. The first-order valence-electron chi connectivity index (χ1n) is 5.79. The first-order chi connectivity index (χ1) is 9.99. The first kappa shape index (κ1) is 14.7. The van der Waals surface area contributed by atoms with Gasteiger partial charge in [-0.2, -0.15) is 5.26 Å². The Labute approximate surface area is 124 Å². The Kier molecular flexibility index (Phi) is 4.05. The van der Waals surface area contributed by atoms with E-state index in [9.17, 15) is 20.2 Å². The molecule has 2 rings (SSSR count). The van der Waals surface area contributed by atoms with E-state index in [0.717, 1.165) is 0 Å². The Morgan fingerprint density at radius 1 is 1.48 bits per heavy atom. The van der Waals surface area contributed by atoms with E-state index in [-0.39, 0.29) is 16.9 Å². The van der Waals surface area contributed by atoms with Crippen LogP contribution < -0.4 is 5.56 Å². The largest absolute Gasteiger partial charge is 0.290 e. The molecule has 0 saturated carbocycles. The number of hydrogen-bond acceptors (Lipinski definition) is 6. The Balaban J connectivity index is 2.78. The molecule has 2 aromatic rings. The highest BCUT2D eigenvalue weighted by Gasteiger charge is 2.17. The van der Waals surface area contributed by atoms with E-state index in [0.29, 0.717) is 10.7 Å². The monoisotopic (exact) mass is 302 g/mol. The Bertz CT molecular complexity index is 823. The van der Waals surface area contributed by atoms with Crippen LogP contribution in [0.2, 0.25) is 0 Å². The molecular formula is C13H10N4O3S. The number of non-ortho nitro benzene ring substituents is 1. The standard InChI is InChI=1S/C13H10N4O3S/c1-16-12(18)10(7-14)11(15-13(16)21-2)8-4-3-5-9(6-8)17(19)20/h3-6H,1-2H3. The van der Waals surface area contributed by atoms with Crippen molar-refractivity contribution in [2.24, 2.45) is 7.05 Å². The lowest BCUT2D eigenvalue weighted by molar-refractivity contribution is -0.384. The normalized spacial score (nSPS) is 10.1. The summed E-state index contributed by atoms with van der Waals surface area (Å²) < 4.78 is 1.28. The van der Waals surface area contributed by atoms with Gasteiger partial charge >= 0.3 is 0 Å². The third kappa shape index (κ3) is 2.64. The van der Waals surface area contributed by atoms with E-state index in [1.807, 2.05) is 6.07 Å². The molecular weight excluding hydrogens is 292 g/mol. The van der Waals surface area contributed by atoms with Crippen LogP contribution in [0, 0.1) is 21.4 Å². The fourth-order valence-electron chi connectivity index (χ4n) is 1.84. The maximum absolute atomic E-state index is 12.1. The van der Waals surface area contributed by atoms with Gasteiger partial charge in [-0.25, -0.2) is 4.98 Å². The van der Waals surface area contributed by atoms with Gasteiger partial charge < -0.3 is 0 Å². The molecule has 0 spiro atoms. The molecule has 21 heavy (non-hydrogen) atoms. The van der Waals surface area contributed by atoms with Crippen molar-refractivity contribution in [3.8, 4) is 17.3 Å². The number of benzene rings is 1. The Hall–Kier alpha value is -2.66. The zero-order valence-corrected chi connectivity index (χ0v) is 12.0. The quantitative estimate of drug-likeness (QED) is 0.371. The smallest absolute Gasteiger partial charge is 0.272 e. The average molecular weight is 302 g/mol. The number of nitro benzene ring substituents is 1. The lowest BCUT2D eigenvalue weighted by atomic mass is 10.1. The Morgan fingerprint density at radius 2 is 2.19 bits per heavy atom. The second-order valence-electron chi connectivity index (χ2n) is 4.11. The van der Waals surface area contributed by atoms with Crippen LogP contribution in [0.25, 0.3) is 11.3 Å². The van der Waals surface area contributed by atoms with Crippen LogP contribution in [0.3, 0.4) is 0 Å². The molecule has 106 valence electrons. The molecule has 8 heteroatoms. The fourth-order valence-corrected chi connectivity index (χ4v) is 2.38. The van der Waals surface area contributed by atoms with E-state index < -0.39 is 10.5 Å². The number of thioether (sulfide) groups is 1. The lowest BCUT2D eigenvalue weighted by Crippen LogP contribution is -2.23. The number of nitro groups is 1. The second-order valence-corrected chi connectivity index (χ2v) is 4.88. The summed E-state index contributed by atoms with van der Waals surface area (Å²) in [4.78, 5) is 26.7. The van der Waals surface area contributed by atoms with Crippen molar-refractivity contribution < 1.29 is 4.92 Å². The van der Waals surface area contributed by atoms with Crippen LogP contribution in [0.5, 0.6) is 0 Å². The molecule has 0 aliphatic rings. The number of rotatable bonds is 3. The van der Waals surface area contributed by atoms with Crippen LogP contribution in [0.1, 0.15) is 5.56 Å². The summed E-state index contributed by atoms with van der Waals surface area (Å²) in [5.41, 5.74) is -0.193. The minimum Gasteiger partial charge on any atom is -0.290 e. The van der Waals surface area contributed by atoms with Gasteiger partial charge in [0.15, 0.2) is 5.16 Å². The van der Waals surface area contributed by atoms with Crippen LogP contribution in [0.15, 0.2) is 34.2 Å². The van der Waals surface area contributed by atoms with Crippen molar-refractivity contribution in [2.75, 3.05) is 6.26 Å². The number of nitrogens with zero attached hydrogens (tertiary/aromatic N) is 4. The van der Waals surface area contributed by atoms with E-state index in [4.69, 9.17) is 0 Å². The first-order valence-corrected chi connectivity index (χ1v) is 7.02. The van der Waals surface area contributed by atoms with E-state index >= 15 is 0 Å². The molecule has 0 amide bonds. The van der Waals surface area contributed by atoms with Gasteiger partial charge in [0, 0.05) is 24.7 Å². The van der Waals surface area contributed by atoms with Crippen molar-refractivity contribution in [3.05, 3.63) is 50.3 Å². The molecule has 0 saturated heterocycles. The van der Waals surface area contributed by atoms with Crippen molar-refractivity contribution in [2.45, 2.75) is 5.16 Å². The molecule has 7 nitrogen and oxygen atoms in total. The molecule has 1 aromatic carbocycles. The van der Waals surface area contributed by atoms with Crippen molar-refractivity contribution in [3.63, 3.8) is 0 Å². The zero-order valence-electron chi connectivity index (χ0n) is 11.2. The van der Waals surface area contributed by atoms with Crippen LogP contribution in [0.4, 0.5) is 5.69 Å². The summed E-state index contributed by atoms with van der Waals surface area (Å²) in [6, 6.07) is 7.54. The number of hydrogen-bond donors (Lipinski definition) is 0. The summed E-state index contributed by atoms with van der Waals surface area (Å²) in [5.74, 6) is 0. The molecule has 0 bridgehead atoms.